The molecule has 3 rings (SSSR count). The highest BCUT2D eigenvalue weighted by molar-refractivity contribution is 8.13. The number of nitrogens with zero attached hydrogens (tertiary/aromatic N) is 1. The monoisotopic (exact) mass is 264 g/mol. The number of thioether (sulfide) groups is 1. The average Bonchev–Trinajstić information content (AvgIpc) is 2.98. The van der Waals surface area contributed by atoms with Crippen LogP contribution in [0.4, 0.5) is 0 Å². The lowest BCUT2D eigenvalue weighted by molar-refractivity contribution is 0.480. The Hall–Kier alpha value is -0.900. The SMILES string of the molecule is CC(Cc1ccco1)NC1=NC2CCCC2CS1. The molecule has 0 saturated heterocycles. The molecule has 4 heteroatoms. The molecule has 1 aromatic heterocycles. The fourth-order valence-corrected chi connectivity index (χ4v) is 4.08. The Labute approximate surface area is 112 Å². The number of nitrogens with one attached hydrogen (secondary N) is 1. The van der Waals surface area contributed by atoms with Gasteiger partial charge in [0, 0.05) is 18.2 Å². The van der Waals surface area contributed by atoms with Crippen molar-refractivity contribution in [2.45, 2.75) is 44.7 Å². The zero-order chi connectivity index (χ0) is 12.4. The molecule has 1 aliphatic carbocycles. The van der Waals surface area contributed by atoms with E-state index < -0.39 is 0 Å². The van der Waals surface area contributed by atoms with Crippen molar-refractivity contribution in [3.8, 4) is 0 Å². The van der Waals surface area contributed by atoms with Gasteiger partial charge in [-0.25, -0.2) is 0 Å². The van der Waals surface area contributed by atoms with E-state index in [4.69, 9.17) is 9.41 Å². The third kappa shape index (κ3) is 2.74. The molecule has 2 aliphatic rings. The summed E-state index contributed by atoms with van der Waals surface area (Å²) in [5, 5.41) is 4.66. The van der Waals surface area contributed by atoms with Gasteiger partial charge in [0.25, 0.3) is 0 Å². The Balaban J connectivity index is 1.56. The van der Waals surface area contributed by atoms with E-state index in [0.29, 0.717) is 12.1 Å². The van der Waals surface area contributed by atoms with Gasteiger partial charge in [-0.1, -0.05) is 18.2 Å². The molecule has 1 aliphatic heterocycles. The van der Waals surface area contributed by atoms with E-state index in [1.165, 1.54) is 25.0 Å². The van der Waals surface area contributed by atoms with Crippen molar-refractivity contribution in [3.05, 3.63) is 24.2 Å². The summed E-state index contributed by atoms with van der Waals surface area (Å²) in [6.45, 7) is 2.19. The van der Waals surface area contributed by atoms with Crippen molar-refractivity contribution in [2.75, 3.05) is 5.75 Å². The van der Waals surface area contributed by atoms with Crippen LogP contribution in [0.2, 0.25) is 0 Å². The van der Waals surface area contributed by atoms with E-state index in [1.54, 1.807) is 6.26 Å². The third-order valence-corrected chi connectivity index (χ3v) is 4.89. The highest BCUT2D eigenvalue weighted by Crippen LogP contribution is 2.35. The highest BCUT2D eigenvalue weighted by atomic mass is 32.2. The van der Waals surface area contributed by atoms with Gasteiger partial charge in [-0.15, -0.1) is 0 Å². The molecule has 3 atom stereocenters. The molecule has 0 aromatic carbocycles. The minimum atomic E-state index is 0.375. The summed E-state index contributed by atoms with van der Waals surface area (Å²) in [7, 11) is 0. The van der Waals surface area contributed by atoms with Gasteiger partial charge < -0.3 is 9.73 Å². The van der Waals surface area contributed by atoms with Crippen molar-refractivity contribution in [3.63, 3.8) is 0 Å². The van der Waals surface area contributed by atoms with E-state index in [2.05, 4.69) is 12.2 Å². The Morgan fingerprint density at radius 3 is 3.33 bits per heavy atom. The predicted octanol–water partition coefficient (Wildman–Crippen LogP) is 3.07. The number of amidine groups is 1. The highest BCUT2D eigenvalue weighted by Gasteiger charge is 2.31. The summed E-state index contributed by atoms with van der Waals surface area (Å²) in [5.41, 5.74) is 0. The number of fused-ring (bicyclic) bond motifs is 1. The summed E-state index contributed by atoms with van der Waals surface area (Å²) in [5.74, 6) is 3.11. The number of hydrogen-bond donors (Lipinski definition) is 1. The molecule has 18 heavy (non-hydrogen) atoms. The molecule has 1 fully saturated rings. The van der Waals surface area contributed by atoms with Crippen molar-refractivity contribution in [1.29, 1.82) is 0 Å². The van der Waals surface area contributed by atoms with Crippen LogP contribution in [0.15, 0.2) is 27.8 Å². The Morgan fingerprint density at radius 1 is 1.56 bits per heavy atom. The van der Waals surface area contributed by atoms with Gasteiger partial charge in [-0.2, -0.15) is 0 Å². The first kappa shape index (κ1) is 12.2. The lowest BCUT2D eigenvalue weighted by Crippen LogP contribution is -2.36. The molecule has 1 aromatic rings. The second-order valence-corrected chi connectivity index (χ2v) is 6.34. The van der Waals surface area contributed by atoms with Crippen LogP contribution in [0.1, 0.15) is 31.9 Å². The van der Waals surface area contributed by atoms with Gasteiger partial charge in [0.15, 0.2) is 5.17 Å². The van der Waals surface area contributed by atoms with Crippen molar-refractivity contribution >= 4 is 16.9 Å². The van der Waals surface area contributed by atoms with E-state index in [9.17, 15) is 0 Å². The van der Waals surface area contributed by atoms with Crippen LogP contribution in [-0.4, -0.2) is 23.0 Å². The number of furan rings is 1. The first-order valence-electron chi connectivity index (χ1n) is 6.81. The maximum atomic E-state index is 5.38. The van der Waals surface area contributed by atoms with Crippen molar-refractivity contribution < 1.29 is 4.42 Å². The molecular formula is C14H20N2OS. The van der Waals surface area contributed by atoms with Gasteiger partial charge in [-0.3, -0.25) is 4.99 Å². The van der Waals surface area contributed by atoms with Gasteiger partial charge in [0.1, 0.15) is 5.76 Å². The van der Waals surface area contributed by atoms with Crippen LogP contribution in [0.3, 0.4) is 0 Å². The first-order chi connectivity index (χ1) is 8.81. The summed E-state index contributed by atoms with van der Waals surface area (Å²) < 4.78 is 5.38. The number of aliphatic imine (C=N–C) groups is 1. The third-order valence-electron chi connectivity index (χ3n) is 3.79. The fourth-order valence-electron chi connectivity index (χ4n) is 2.83. The minimum absolute atomic E-state index is 0.375. The Kier molecular flexibility index (Phi) is 3.64. The van der Waals surface area contributed by atoms with E-state index in [0.717, 1.165) is 23.3 Å². The second-order valence-electron chi connectivity index (χ2n) is 5.33. The molecule has 98 valence electrons. The summed E-state index contributed by atoms with van der Waals surface area (Å²) >= 11 is 1.89. The molecule has 0 radical (unpaired) electrons. The maximum Gasteiger partial charge on any atom is 0.157 e. The molecule has 1 saturated carbocycles. The quantitative estimate of drug-likeness (QED) is 0.911. The molecule has 0 amide bonds. The molecule has 0 spiro atoms. The maximum absolute atomic E-state index is 5.38. The molecular weight excluding hydrogens is 244 g/mol. The number of hydrogen-bond acceptors (Lipinski definition) is 4. The normalized spacial score (nSPS) is 28.6. The van der Waals surface area contributed by atoms with E-state index >= 15 is 0 Å². The average molecular weight is 264 g/mol. The van der Waals surface area contributed by atoms with Crippen LogP contribution in [-0.2, 0) is 6.42 Å². The number of rotatable bonds is 3. The van der Waals surface area contributed by atoms with Crippen LogP contribution >= 0.6 is 11.8 Å². The van der Waals surface area contributed by atoms with Crippen molar-refractivity contribution in [1.82, 2.24) is 5.32 Å². The Morgan fingerprint density at radius 2 is 2.50 bits per heavy atom. The van der Waals surface area contributed by atoms with E-state index in [-0.39, 0.29) is 0 Å². The summed E-state index contributed by atoms with van der Waals surface area (Å²) in [6, 6.07) is 4.93. The lowest BCUT2D eigenvalue weighted by atomic mass is 10.1. The summed E-state index contributed by atoms with van der Waals surface area (Å²) in [4.78, 5) is 4.85. The van der Waals surface area contributed by atoms with Gasteiger partial charge in [-0.05, 0) is 37.8 Å². The van der Waals surface area contributed by atoms with E-state index in [1.807, 2.05) is 23.9 Å². The largest absolute Gasteiger partial charge is 0.469 e. The minimum Gasteiger partial charge on any atom is -0.469 e. The fraction of sp³-hybridized carbons (Fsp3) is 0.643. The second kappa shape index (κ2) is 5.39. The van der Waals surface area contributed by atoms with Crippen LogP contribution in [0.5, 0.6) is 0 Å². The topological polar surface area (TPSA) is 37.5 Å². The standard InChI is InChI=1S/C14H20N2OS/c1-10(8-12-5-3-7-17-12)15-14-16-13-6-2-4-11(13)9-18-14/h3,5,7,10-11,13H,2,4,6,8-9H2,1H3,(H,15,16). The first-order valence-corrected chi connectivity index (χ1v) is 7.79. The lowest BCUT2D eigenvalue weighted by Gasteiger charge is -2.25. The van der Waals surface area contributed by atoms with Crippen LogP contribution in [0, 0.1) is 5.92 Å². The smallest absolute Gasteiger partial charge is 0.157 e. The molecule has 3 nitrogen and oxygen atoms in total. The van der Waals surface area contributed by atoms with Gasteiger partial charge >= 0.3 is 0 Å². The van der Waals surface area contributed by atoms with Gasteiger partial charge in [0.2, 0.25) is 0 Å². The van der Waals surface area contributed by atoms with Crippen LogP contribution < -0.4 is 5.32 Å². The van der Waals surface area contributed by atoms with Gasteiger partial charge in [0.05, 0.1) is 12.3 Å². The zero-order valence-electron chi connectivity index (χ0n) is 10.8. The molecule has 2 heterocycles. The molecule has 3 unspecified atom stereocenters. The van der Waals surface area contributed by atoms with Crippen molar-refractivity contribution in [2.24, 2.45) is 10.9 Å². The molecule has 1 N–H and O–H groups in total. The van der Waals surface area contributed by atoms with Crippen LogP contribution in [0.25, 0.3) is 0 Å². The zero-order valence-corrected chi connectivity index (χ0v) is 11.6. The summed E-state index contributed by atoms with van der Waals surface area (Å²) in [6.07, 6.45) is 6.66. The predicted molar refractivity (Wildman–Crippen MR) is 76.0 cm³/mol. The molecule has 0 bridgehead atoms. The Bertz CT molecular complexity index is 415.